The van der Waals surface area contributed by atoms with Gasteiger partial charge in [-0.2, -0.15) is 0 Å². The summed E-state index contributed by atoms with van der Waals surface area (Å²) in [5, 5.41) is 18.3. The number of hydrogen-bond donors (Lipinski definition) is 4. The van der Waals surface area contributed by atoms with Gasteiger partial charge in [0.05, 0.1) is 12.7 Å². The molecule has 224 valence electrons. The number of carbonyl (C=O) groups is 3. The Morgan fingerprint density at radius 3 is 2.58 bits per heavy atom. The molecule has 0 aromatic heterocycles. The molecule has 4 aliphatic carbocycles. The Morgan fingerprint density at radius 1 is 1.05 bits per heavy atom. The second-order valence-corrected chi connectivity index (χ2v) is 15.0. The highest BCUT2D eigenvalue weighted by Crippen LogP contribution is 2.70. The molecule has 2 amide bonds. The fourth-order valence-electron chi connectivity index (χ4n) is 10.9. The summed E-state index contributed by atoms with van der Waals surface area (Å²) in [7, 11) is 0. The van der Waals surface area contributed by atoms with Crippen LogP contribution in [-0.4, -0.2) is 60.3 Å². The summed E-state index contributed by atoms with van der Waals surface area (Å²) in [4.78, 5) is 38.7. The van der Waals surface area contributed by atoms with Crippen LogP contribution in [0.4, 0.5) is 0 Å². The maximum Gasteiger partial charge on any atom is 0.229 e. The van der Waals surface area contributed by atoms with Crippen LogP contribution in [-0.2, 0) is 19.1 Å². The third-order valence-corrected chi connectivity index (χ3v) is 13.1. The summed E-state index contributed by atoms with van der Waals surface area (Å²) in [6.07, 6.45) is 9.09. The molecule has 6 rings (SSSR count). The Hall–Kier alpha value is -1.51. The average molecular weight is 558 g/mol. The number of hydrogen-bond acceptors (Lipinski definition) is 6. The van der Waals surface area contributed by atoms with E-state index in [2.05, 4.69) is 43.6 Å². The van der Waals surface area contributed by atoms with Crippen molar-refractivity contribution in [2.75, 3.05) is 19.7 Å². The predicted octanol–water partition coefficient (Wildman–Crippen LogP) is 3.17. The summed E-state index contributed by atoms with van der Waals surface area (Å²) < 4.78 is 6.95. The Bertz CT molecular complexity index is 1030. The number of rotatable bonds is 5. The van der Waals surface area contributed by atoms with Gasteiger partial charge in [0.2, 0.25) is 11.8 Å². The van der Waals surface area contributed by atoms with E-state index in [4.69, 9.17) is 9.84 Å². The van der Waals surface area contributed by atoms with Crippen molar-refractivity contribution in [3.8, 4) is 0 Å². The molecule has 2 saturated heterocycles. The quantitative estimate of drug-likeness (QED) is 0.386. The molecule has 40 heavy (non-hydrogen) atoms. The topological polar surface area (TPSA) is 117 Å². The zero-order chi connectivity index (χ0) is 28.4. The van der Waals surface area contributed by atoms with Gasteiger partial charge in [-0.3, -0.25) is 19.7 Å². The first-order valence-electron chi connectivity index (χ1n) is 16.1. The number of aliphatic hydroxyl groups excluding tert-OH is 1. The van der Waals surface area contributed by atoms with Crippen LogP contribution < -0.4 is 16.0 Å². The van der Waals surface area contributed by atoms with Gasteiger partial charge in [0.25, 0.3) is 0 Å². The van der Waals surface area contributed by atoms with Crippen LogP contribution in [0.3, 0.4) is 0 Å². The smallest absolute Gasteiger partial charge is 0.229 e. The van der Waals surface area contributed by atoms with Crippen molar-refractivity contribution in [2.45, 2.75) is 110 Å². The third kappa shape index (κ3) is 4.38. The van der Waals surface area contributed by atoms with Gasteiger partial charge in [-0.15, -0.1) is 0 Å². The van der Waals surface area contributed by atoms with Crippen LogP contribution in [0.25, 0.3) is 0 Å². The monoisotopic (exact) mass is 557 g/mol. The van der Waals surface area contributed by atoms with Crippen molar-refractivity contribution in [3.63, 3.8) is 0 Å². The van der Waals surface area contributed by atoms with Gasteiger partial charge in [0, 0.05) is 42.8 Å². The number of ether oxygens (including phenoxy) is 1. The van der Waals surface area contributed by atoms with Gasteiger partial charge >= 0.3 is 0 Å². The first kappa shape index (κ1) is 28.6. The maximum atomic E-state index is 14.3. The molecule has 6 aliphatic rings. The van der Waals surface area contributed by atoms with Gasteiger partial charge in [-0.05, 0) is 86.4 Å². The van der Waals surface area contributed by atoms with Crippen LogP contribution in [0.1, 0.15) is 91.9 Å². The van der Waals surface area contributed by atoms with Gasteiger partial charge in [0.15, 0.2) is 0 Å². The number of piperidine rings is 1. The zero-order valence-electron chi connectivity index (χ0n) is 25.0. The highest BCUT2D eigenvalue weighted by Gasteiger charge is 2.71. The van der Waals surface area contributed by atoms with Crippen LogP contribution in [0.2, 0.25) is 0 Å². The number of carbonyl (C=O) groups excluding carboxylic acids is 3. The summed E-state index contributed by atoms with van der Waals surface area (Å²) in [5.41, 5.74) is -0.421. The average Bonchev–Trinajstić information content (AvgIpc) is 3.36. The van der Waals surface area contributed by atoms with Crippen molar-refractivity contribution in [1.29, 1.82) is 0 Å². The minimum absolute atomic E-state index is 0.0827. The molecular weight excluding hydrogens is 506 g/mol. The number of fused-ring (bicyclic) bond motifs is 7. The Kier molecular flexibility index (Phi) is 7.39. The first-order chi connectivity index (χ1) is 19.0. The minimum atomic E-state index is -0.351. The van der Waals surface area contributed by atoms with E-state index in [1.807, 2.05) is 0 Å². The normalized spacial score (nSPS) is 49.5. The fourth-order valence-corrected chi connectivity index (χ4v) is 10.9. The summed E-state index contributed by atoms with van der Waals surface area (Å²) >= 11 is 0. The molecule has 0 radical (unpaired) electrons. The number of aliphatic hydroxyl groups is 1. The molecule has 0 aromatic rings. The third-order valence-electron chi connectivity index (χ3n) is 13.1. The Labute approximate surface area is 239 Å². The highest BCUT2D eigenvalue weighted by atomic mass is 16.5. The molecule has 4 saturated carbocycles. The summed E-state index contributed by atoms with van der Waals surface area (Å²) in [5.74, 6) is 3.09. The number of amides is 2. The zero-order valence-corrected chi connectivity index (χ0v) is 25.0. The SMILES string of the molecule is C[C@H]1CC[C@@]2(NC1)O[C@H]1C[C@H]3[C@@H]4CC[C@@H]5CC(NC(=O)CC(=O)NCCO)CC[C@]5(C)[C@H]4CC(=O)[C@]3(C)[C@H]1[C@@H]2C. The molecule has 0 aromatic carbocycles. The van der Waals surface area contributed by atoms with Gasteiger partial charge in [-0.1, -0.05) is 27.7 Å². The Morgan fingerprint density at radius 2 is 1.85 bits per heavy atom. The van der Waals surface area contributed by atoms with E-state index < -0.39 is 0 Å². The lowest BCUT2D eigenvalue weighted by Gasteiger charge is -2.60. The van der Waals surface area contributed by atoms with Gasteiger partial charge in [-0.25, -0.2) is 0 Å². The van der Waals surface area contributed by atoms with Crippen molar-refractivity contribution >= 4 is 17.6 Å². The lowest BCUT2D eigenvalue weighted by molar-refractivity contribution is -0.160. The maximum absolute atomic E-state index is 14.3. The van der Waals surface area contributed by atoms with E-state index >= 15 is 0 Å². The number of Topliss-reactive ketones (excluding diaryl/α,β-unsaturated/α-hetero) is 1. The van der Waals surface area contributed by atoms with Crippen LogP contribution in [0.15, 0.2) is 0 Å². The molecule has 1 spiro atoms. The Balaban J connectivity index is 1.13. The van der Waals surface area contributed by atoms with Crippen molar-refractivity contribution in [2.24, 2.45) is 52.3 Å². The predicted molar refractivity (Wildman–Crippen MR) is 151 cm³/mol. The van der Waals surface area contributed by atoms with Crippen LogP contribution in [0.5, 0.6) is 0 Å². The molecule has 2 heterocycles. The second kappa shape index (κ2) is 10.3. The fraction of sp³-hybridized carbons (Fsp3) is 0.906. The first-order valence-corrected chi connectivity index (χ1v) is 16.1. The van der Waals surface area contributed by atoms with E-state index in [1.54, 1.807) is 0 Å². The van der Waals surface area contributed by atoms with E-state index in [1.165, 1.54) is 6.42 Å². The largest absolute Gasteiger partial charge is 0.395 e. The van der Waals surface area contributed by atoms with E-state index in [0.717, 1.165) is 51.5 Å². The summed E-state index contributed by atoms with van der Waals surface area (Å²) in [6.45, 7) is 10.4. The number of nitrogens with one attached hydrogen (secondary N) is 3. The van der Waals surface area contributed by atoms with Crippen molar-refractivity contribution in [3.05, 3.63) is 0 Å². The number of ketones is 1. The molecule has 8 nitrogen and oxygen atoms in total. The van der Waals surface area contributed by atoms with Gasteiger partial charge < -0.3 is 20.5 Å². The highest BCUT2D eigenvalue weighted by molar-refractivity contribution is 5.97. The molecule has 4 N–H and O–H groups in total. The molecule has 0 bridgehead atoms. The molecule has 2 aliphatic heterocycles. The standard InChI is InChI=1S/C32H51N3O5/c1-18-7-10-32(34-17-18)19(2)29-25(40-32)14-24-22-6-5-20-13-21(35-28(39)16-27(38)33-11-12-36)8-9-30(20,3)23(22)15-26(37)31(24,29)4/h18-25,29,34,36H,5-17H2,1-4H3,(H,33,38)(H,35,39)/t18-,19-,20+,21?,22+,23-,24-,25-,29-,30-,31+,32+/m0/s1. The molecule has 1 unspecified atom stereocenters. The van der Waals surface area contributed by atoms with E-state index in [0.29, 0.717) is 53.6 Å². The lowest BCUT2D eigenvalue weighted by atomic mass is 9.44. The van der Waals surface area contributed by atoms with Crippen molar-refractivity contribution in [1.82, 2.24) is 16.0 Å². The molecular formula is C32H51N3O5. The lowest BCUT2D eigenvalue weighted by Crippen LogP contribution is -2.60. The van der Waals surface area contributed by atoms with E-state index in [9.17, 15) is 14.4 Å². The van der Waals surface area contributed by atoms with Crippen LogP contribution >= 0.6 is 0 Å². The summed E-state index contributed by atoms with van der Waals surface area (Å²) in [6, 6.07) is 0.0827. The van der Waals surface area contributed by atoms with E-state index in [-0.39, 0.29) is 60.1 Å². The molecule has 12 atom stereocenters. The molecule has 8 heteroatoms. The van der Waals surface area contributed by atoms with Crippen molar-refractivity contribution < 1.29 is 24.2 Å². The van der Waals surface area contributed by atoms with Gasteiger partial charge in [0.1, 0.15) is 17.9 Å². The molecule has 6 fully saturated rings. The van der Waals surface area contributed by atoms with Crippen LogP contribution in [0, 0.1) is 52.3 Å². The second-order valence-electron chi connectivity index (χ2n) is 15.0. The minimum Gasteiger partial charge on any atom is -0.395 e.